The third-order valence-electron chi connectivity index (χ3n) is 4.41. The number of hydrogen-bond acceptors (Lipinski definition) is 5. The average Bonchev–Trinajstić information content (AvgIpc) is 2.96. The van der Waals surface area contributed by atoms with E-state index in [-0.39, 0.29) is 22.9 Å². The van der Waals surface area contributed by atoms with Crippen LogP contribution in [0.25, 0.3) is 0 Å². The van der Waals surface area contributed by atoms with E-state index in [0.29, 0.717) is 12.1 Å². The molecule has 1 aromatic heterocycles. The van der Waals surface area contributed by atoms with Crippen molar-refractivity contribution in [2.24, 2.45) is 0 Å². The van der Waals surface area contributed by atoms with E-state index in [1.54, 1.807) is 6.07 Å². The first-order chi connectivity index (χ1) is 12.7. The predicted octanol–water partition coefficient (Wildman–Crippen LogP) is 1.87. The molecule has 1 aliphatic heterocycles. The van der Waals surface area contributed by atoms with Gasteiger partial charge >= 0.3 is 0 Å². The van der Waals surface area contributed by atoms with Crippen LogP contribution in [0.5, 0.6) is 0 Å². The molecule has 2 aromatic rings. The van der Waals surface area contributed by atoms with Crippen LogP contribution in [0.3, 0.4) is 0 Å². The van der Waals surface area contributed by atoms with Crippen molar-refractivity contribution in [2.45, 2.75) is 26.3 Å². The molecule has 0 spiro atoms. The number of benzene rings is 1. The molecule has 1 aliphatic rings. The van der Waals surface area contributed by atoms with E-state index < -0.39 is 27.7 Å². The topological polar surface area (TPSA) is 105 Å². The number of amides is 2. The quantitative estimate of drug-likeness (QED) is 0.833. The Morgan fingerprint density at radius 1 is 1.07 bits per heavy atom. The number of rotatable bonds is 4. The molecule has 0 aliphatic carbocycles. The predicted molar refractivity (Wildman–Crippen MR) is 103 cm³/mol. The van der Waals surface area contributed by atoms with Gasteiger partial charge in [-0.2, -0.15) is 0 Å². The van der Waals surface area contributed by atoms with Crippen LogP contribution < -0.4 is 10.6 Å². The lowest BCUT2D eigenvalue weighted by molar-refractivity contribution is 0.0936. The van der Waals surface area contributed by atoms with Crippen LogP contribution >= 0.6 is 0 Å². The number of anilines is 1. The molecule has 1 saturated heterocycles. The molecule has 1 aromatic carbocycles. The molecule has 2 N–H and O–H groups in total. The summed E-state index contributed by atoms with van der Waals surface area (Å²) in [5, 5.41) is 5.46. The molecule has 8 heteroatoms. The molecule has 1 unspecified atom stereocenters. The zero-order valence-electron chi connectivity index (χ0n) is 15.2. The second-order valence-electron chi connectivity index (χ2n) is 6.75. The number of nitrogens with one attached hydrogen (secondary N) is 2. The highest BCUT2D eigenvalue weighted by atomic mass is 32.2. The van der Waals surface area contributed by atoms with E-state index in [1.165, 1.54) is 12.1 Å². The Balaban J connectivity index is 1.71. The fraction of sp³-hybridized carbons (Fsp3) is 0.316. The van der Waals surface area contributed by atoms with E-state index in [2.05, 4.69) is 15.6 Å². The normalized spacial score (nSPS) is 18.1. The molecule has 2 amide bonds. The number of sulfone groups is 1. The monoisotopic (exact) mass is 387 g/mol. The Morgan fingerprint density at radius 2 is 1.78 bits per heavy atom. The van der Waals surface area contributed by atoms with Crippen molar-refractivity contribution >= 4 is 27.3 Å². The Bertz CT molecular complexity index is 1000. The van der Waals surface area contributed by atoms with E-state index in [9.17, 15) is 18.0 Å². The van der Waals surface area contributed by atoms with E-state index >= 15 is 0 Å². The maximum absolute atomic E-state index is 12.5. The molecule has 1 fully saturated rings. The Kier molecular flexibility index (Phi) is 5.27. The van der Waals surface area contributed by atoms with Gasteiger partial charge in [-0.15, -0.1) is 0 Å². The minimum absolute atomic E-state index is 0.0639. The molecule has 2 heterocycles. The summed E-state index contributed by atoms with van der Waals surface area (Å²) in [6.07, 6.45) is 0.390. The Hall–Kier alpha value is -2.74. The van der Waals surface area contributed by atoms with Gasteiger partial charge in [0.05, 0.1) is 11.5 Å². The highest BCUT2D eigenvalue weighted by Gasteiger charge is 2.29. The fourth-order valence-corrected chi connectivity index (χ4v) is 4.67. The standard InChI is InChI=1S/C19H21N3O4S/c1-12-6-7-15(13(2)10-12)22-19(24)17-5-3-4-16(21-17)18(23)20-14-8-9-27(25,26)11-14/h3-7,10,14H,8-9,11H2,1-2H3,(H,20,23)(H,22,24). The number of pyridine rings is 1. The summed E-state index contributed by atoms with van der Waals surface area (Å²) in [6.45, 7) is 3.87. The summed E-state index contributed by atoms with van der Waals surface area (Å²) in [4.78, 5) is 28.9. The fourth-order valence-electron chi connectivity index (χ4n) is 3.00. The van der Waals surface area contributed by atoms with Crippen LogP contribution in [0.2, 0.25) is 0 Å². The maximum Gasteiger partial charge on any atom is 0.274 e. The Labute approximate surface area is 158 Å². The van der Waals surface area contributed by atoms with Gasteiger partial charge < -0.3 is 10.6 Å². The summed E-state index contributed by atoms with van der Waals surface area (Å²) < 4.78 is 23.0. The summed E-state index contributed by atoms with van der Waals surface area (Å²) >= 11 is 0. The lowest BCUT2D eigenvalue weighted by Gasteiger charge is -2.11. The van der Waals surface area contributed by atoms with Gasteiger partial charge in [-0.1, -0.05) is 23.8 Å². The first kappa shape index (κ1) is 19.0. The largest absolute Gasteiger partial charge is 0.347 e. The van der Waals surface area contributed by atoms with Gasteiger partial charge in [-0.05, 0) is 44.0 Å². The first-order valence-electron chi connectivity index (χ1n) is 8.60. The van der Waals surface area contributed by atoms with Gasteiger partial charge in [-0.25, -0.2) is 13.4 Å². The van der Waals surface area contributed by atoms with Crippen LogP contribution in [0, 0.1) is 13.8 Å². The van der Waals surface area contributed by atoms with E-state index in [1.807, 2.05) is 32.0 Å². The van der Waals surface area contributed by atoms with Crippen LogP contribution in [0.1, 0.15) is 38.5 Å². The lowest BCUT2D eigenvalue weighted by atomic mass is 10.1. The molecule has 3 rings (SSSR count). The third kappa shape index (κ3) is 4.71. The smallest absolute Gasteiger partial charge is 0.274 e. The SMILES string of the molecule is Cc1ccc(NC(=O)c2cccc(C(=O)NC3CCS(=O)(=O)C3)n2)c(C)c1. The molecule has 1 atom stereocenters. The minimum atomic E-state index is -3.09. The maximum atomic E-state index is 12.5. The zero-order valence-corrected chi connectivity index (χ0v) is 16.0. The number of carbonyl (C=O) groups excluding carboxylic acids is 2. The highest BCUT2D eigenvalue weighted by molar-refractivity contribution is 7.91. The highest BCUT2D eigenvalue weighted by Crippen LogP contribution is 2.17. The number of nitrogens with zero attached hydrogens (tertiary/aromatic N) is 1. The van der Waals surface area contributed by atoms with Crippen LogP contribution in [0.4, 0.5) is 5.69 Å². The summed E-state index contributed by atoms with van der Waals surface area (Å²) in [5.74, 6) is -0.895. The van der Waals surface area contributed by atoms with E-state index in [0.717, 1.165) is 11.1 Å². The van der Waals surface area contributed by atoms with Gasteiger partial charge in [0.15, 0.2) is 9.84 Å². The molecule has 7 nitrogen and oxygen atoms in total. The van der Waals surface area contributed by atoms with Crippen LogP contribution in [-0.2, 0) is 9.84 Å². The number of hydrogen-bond donors (Lipinski definition) is 2. The molecule has 142 valence electrons. The summed E-state index contributed by atoms with van der Waals surface area (Å²) in [7, 11) is -3.09. The lowest BCUT2D eigenvalue weighted by Crippen LogP contribution is -2.36. The van der Waals surface area contributed by atoms with Crippen molar-refractivity contribution in [1.29, 1.82) is 0 Å². The van der Waals surface area contributed by atoms with Gasteiger partial charge in [0.25, 0.3) is 11.8 Å². The van der Waals surface area contributed by atoms with E-state index in [4.69, 9.17) is 0 Å². The molecule has 0 saturated carbocycles. The van der Waals surface area contributed by atoms with Crippen LogP contribution in [-0.4, -0.2) is 42.8 Å². The van der Waals surface area contributed by atoms with Gasteiger partial charge in [0.2, 0.25) is 0 Å². The molecule has 27 heavy (non-hydrogen) atoms. The molecular formula is C19H21N3O4S. The summed E-state index contributed by atoms with van der Waals surface area (Å²) in [6, 6.07) is 9.85. The average molecular weight is 387 g/mol. The second-order valence-corrected chi connectivity index (χ2v) is 8.98. The van der Waals surface area contributed by atoms with Crippen molar-refractivity contribution in [3.8, 4) is 0 Å². The number of aryl methyl sites for hydroxylation is 2. The van der Waals surface area contributed by atoms with Crippen molar-refractivity contribution in [3.05, 3.63) is 58.9 Å². The van der Waals surface area contributed by atoms with Gasteiger partial charge in [0, 0.05) is 11.7 Å². The van der Waals surface area contributed by atoms with Crippen molar-refractivity contribution < 1.29 is 18.0 Å². The second kappa shape index (κ2) is 7.48. The van der Waals surface area contributed by atoms with Crippen molar-refractivity contribution in [2.75, 3.05) is 16.8 Å². The molecular weight excluding hydrogens is 366 g/mol. The number of aromatic nitrogens is 1. The molecule has 0 bridgehead atoms. The Morgan fingerprint density at radius 3 is 2.41 bits per heavy atom. The van der Waals surface area contributed by atoms with Crippen molar-refractivity contribution in [1.82, 2.24) is 10.3 Å². The minimum Gasteiger partial charge on any atom is -0.347 e. The summed E-state index contributed by atoms with van der Waals surface area (Å²) in [5.41, 5.74) is 2.89. The number of carbonyl (C=O) groups is 2. The van der Waals surface area contributed by atoms with Gasteiger partial charge in [0.1, 0.15) is 11.4 Å². The van der Waals surface area contributed by atoms with Crippen molar-refractivity contribution in [3.63, 3.8) is 0 Å². The zero-order chi connectivity index (χ0) is 19.6. The first-order valence-corrected chi connectivity index (χ1v) is 10.4. The van der Waals surface area contributed by atoms with Crippen LogP contribution in [0.15, 0.2) is 36.4 Å². The molecule has 0 radical (unpaired) electrons. The van der Waals surface area contributed by atoms with Gasteiger partial charge in [-0.3, -0.25) is 9.59 Å². The third-order valence-corrected chi connectivity index (χ3v) is 6.18.